The van der Waals surface area contributed by atoms with E-state index >= 15 is 0 Å². The predicted octanol–water partition coefficient (Wildman–Crippen LogP) is 6.31. The molecule has 4 rings (SSSR count). The standard InChI is InChI=1S/C31H41N3O3.ClH/c1-20(2)27-13-4-21(3)18-28(27)37-29(35)19-22-14-16-34(17-15-22)31(36)26-11-7-24(8-12-26)23-5-9-25(10-6-23)30(32)33;/h5-12,20-22,27-28H,4,13-19H2,1-3H3,(H3,32,33);1H. The van der Waals surface area contributed by atoms with E-state index in [2.05, 4.69) is 20.8 Å². The fraction of sp³-hybridized carbons (Fsp3) is 0.516. The number of hydrogen-bond donors (Lipinski definition) is 2. The second-order valence-electron chi connectivity index (χ2n) is 11.4. The van der Waals surface area contributed by atoms with Gasteiger partial charge in [0, 0.05) is 30.6 Å². The Morgan fingerprint density at radius 2 is 1.50 bits per heavy atom. The summed E-state index contributed by atoms with van der Waals surface area (Å²) in [4.78, 5) is 27.8. The molecule has 0 aromatic heterocycles. The lowest BCUT2D eigenvalue weighted by Crippen LogP contribution is -2.40. The van der Waals surface area contributed by atoms with Crippen molar-refractivity contribution in [1.82, 2.24) is 4.90 Å². The summed E-state index contributed by atoms with van der Waals surface area (Å²) in [7, 11) is 0. The first-order valence-electron chi connectivity index (χ1n) is 13.7. The first-order valence-corrected chi connectivity index (χ1v) is 13.7. The Balaban J connectivity index is 0.00000400. The first-order chi connectivity index (χ1) is 17.7. The van der Waals surface area contributed by atoms with Crippen LogP contribution in [0.3, 0.4) is 0 Å². The molecule has 1 heterocycles. The number of rotatable bonds is 7. The zero-order valence-electron chi connectivity index (χ0n) is 22.8. The van der Waals surface area contributed by atoms with Gasteiger partial charge in [-0.05, 0) is 72.6 Å². The molecule has 3 unspecified atom stereocenters. The number of nitrogens with zero attached hydrogens (tertiary/aromatic N) is 1. The molecule has 2 aromatic rings. The van der Waals surface area contributed by atoms with Gasteiger partial charge in [0.15, 0.2) is 0 Å². The number of amidine groups is 1. The Kier molecular flexibility index (Phi) is 10.4. The van der Waals surface area contributed by atoms with Gasteiger partial charge in [-0.25, -0.2) is 0 Å². The Morgan fingerprint density at radius 1 is 0.947 bits per heavy atom. The third-order valence-corrected chi connectivity index (χ3v) is 8.26. The van der Waals surface area contributed by atoms with Gasteiger partial charge in [0.2, 0.25) is 0 Å². The van der Waals surface area contributed by atoms with E-state index in [4.69, 9.17) is 15.9 Å². The molecule has 1 saturated carbocycles. The topological polar surface area (TPSA) is 96.5 Å². The van der Waals surface area contributed by atoms with Crippen molar-refractivity contribution < 1.29 is 14.3 Å². The van der Waals surface area contributed by atoms with E-state index in [1.165, 1.54) is 6.42 Å². The summed E-state index contributed by atoms with van der Waals surface area (Å²) < 4.78 is 6.01. The highest BCUT2D eigenvalue weighted by atomic mass is 35.5. The number of nitrogens with two attached hydrogens (primary N) is 1. The Morgan fingerprint density at radius 3 is 2.03 bits per heavy atom. The molecule has 1 aliphatic heterocycles. The Labute approximate surface area is 233 Å². The van der Waals surface area contributed by atoms with Crippen molar-refractivity contribution in [3.05, 3.63) is 59.7 Å². The van der Waals surface area contributed by atoms with E-state index in [1.54, 1.807) is 0 Å². The number of hydrogen-bond acceptors (Lipinski definition) is 4. The number of esters is 1. The number of benzene rings is 2. The molecule has 0 radical (unpaired) electrons. The predicted molar refractivity (Wildman–Crippen MR) is 155 cm³/mol. The molecule has 3 N–H and O–H groups in total. The molecule has 2 aromatic carbocycles. The molecule has 206 valence electrons. The van der Waals surface area contributed by atoms with Crippen LogP contribution in [0.1, 0.15) is 75.2 Å². The third-order valence-electron chi connectivity index (χ3n) is 8.26. The van der Waals surface area contributed by atoms with Crippen molar-refractivity contribution in [2.24, 2.45) is 29.4 Å². The van der Waals surface area contributed by atoms with Crippen LogP contribution >= 0.6 is 12.4 Å². The Hall–Kier alpha value is -2.86. The number of amides is 1. The number of carbonyl (C=O) groups is 2. The second kappa shape index (κ2) is 13.3. The zero-order chi connectivity index (χ0) is 26.5. The lowest BCUT2D eigenvalue weighted by atomic mass is 9.75. The van der Waals surface area contributed by atoms with Crippen LogP contribution in [0.25, 0.3) is 11.1 Å². The normalized spacial score (nSPS) is 22.0. The lowest BCUT2D eigenvalue weighted by molar-refractivity contribution is -0.157. The molecular formula is C31H42ClN3O3. The van der Waals surface area contributed by atoms with E-state index < -0.39 is 0 Å². The van der Waals surface area contributed by atoms with E-state index in [9.17, 15) is 9.59 Å². The summed E-state index contributed by atoms with van der Waals surface area (Å²) in [5.41, 5.74) is 8.92. The van der Waals surface area contributed by atoms with Gasteiger partial charge in [-0.1, -0.05) is 63.6 Å². The highest BCUT2D eigenvalue weighted by Gasteiger charge is 2.34. The van der Waals surface area contributed by atoms with Crippen LogP contribution in [0.2, 0.25) is 0 Å². The molecule has 0 bridgehead atoms. The minimum atomic E-state index is -0.0681. The number of nitrogen functional groups attached to an aromatic ring is 1. The van der Waals surface area contributed by atoms with Crippen molar-refractivity contribution in [2.45, 2.75) is 65.4 Å². The van der Waals surface area contributed by atoms with E-state index in [-0.39, 0.29) is 42.1 Å². The zero-order valence-corrected chi connectivity index (χ0v) is 23.6. The summed E-state index contributed by atoms with van der Waals surface area (Å²) >= 11 is 0. The van der Waals surface area contributed by atoms with Gasteiger partial charge in [-0.2, -0.15) is 0 Å². The van der Waals surface area contributed by atoms with Crippen LogP contribution in [0.4, 0.5) is 0 Å². The molecule has 1 aliphatic carbocycles. The summed E-state index contributed by atoms with van der Waals surface area (Å²) in [5.74, 6) is 1.90. The number of carbonyl (C=O) groups excluding carboxylic acids is 2. The molecule has 6 nitrogen and oxygen atoms in total. The lowest BCUT2D eigenvalue weighted by Gasteiger charge is -2.37. The number of halogens is 1. The fourth-order valence-corrected chi connectivity index (χ4v) is 5.87. The van der Waals surface area contributed by atoms with Crippen LogP contribution in [-0.2, 0) is 9.53 Å². The smallest absolute Gasteiger partial charge is 0.306 e. The van der Waals surface area contributed by atoms with Crippen molar-refractivity contribution in [1.29, 1.82) is 5.41 Å². The second-order valence-corrected chi connectivity index (χ2v) is 11.4. The number of piperidine rings is 1. The van der Waals surface area contributed by atoms with Crippen molar-refractivity contribution in [3.63, 3.8) is 0 Å². The highest BCUT2D eigenvalue weighted by molar-refractivity contribution is 5.96. The Bertz CT molecular complexity index is 1090. The first kappa shape index (κ1) is 29.7. The van der Waals surface area contributed by atoms with Gasteiger partial charge in [0.1, 0.15) is 11.9 Å². The fourth-order valence-electron chi connectivity index (χ4n) is 5.87. The van der Waals surface area contributed by atoms with Gasteiger partial charge in [0.05, 0.1) is 0 Å². The van der Waals surface area contributed by atoms with E-state index in [0.29, 0.717) is 48.4 Å². The highest BCUT2D eigenvalue weighted by Crippen LogP contribution is 2.36. The molecule has 1 saturated heterocycles. The maximum Gasteiger partial charge on any atom is 0.306 e. The van der Waals surface area contributed by atoms with E-state index in [0.717, 1.165) is 36.8 Å². The minimum Gasteiger partial charge on any atom is -0.462 e. The average Bonchev–Trinajstić information content (AvgIpc) is 2.88. The van der Waals surface area contributed by atoms with Crippen molar-refractivity contribution in [2.75, 3.05) is 13.1 Å². The third kappa shape index (κ3) is 7.37. The number of likely N-dealkylation sites (tertiary alicyclic amines) is 1. The van der Waals surface area contributed by atoms with Crippen LogP contribution in [0.15, 0.2) is 48.5 Å². The monoisotopic (exact) mass is 539 g/mol. The molecule has 0 spiro atoms. The summed E-state index contributed by atoms with van der Waals surface area (Å²) in [5, 5.41) is 7.52. The number of ether oxygens (including phenoxy) is 1. The quantitative estimate of drug-likeness (QED) is 0.245. The molecule has 3 atom stereocenters. The van der Waals surface area contributed by atoms with Gasteiger partial charge in [-0.15, -0.1) is 12.4 Å². The maximum absolute atomic E-state index is 13.1. The largest absolute Gasteiger partial charge is 0.462 e. The molecular weight excluding hydrogens is 498 g/mol. The van der Waals surface area contributed by atoms with Gasteiger partial charge in [0.25, 0.3) is 5.91 Å². The van der Waals surface area contributed by atoms with Crippen LogP contribution in [0, 0.1) is 29.1 Å². The van der Waals surface area contributed by atoms with Gasteiger partial charge >= 0.3 is 5.97 Å². The van der Waals surface area contributed by atoms with Gasteiger partial charge < -0.3 is 15.4 Å². The van der Waals surface area contributed by atoms with Crippen molar-refractivity contribution in [3.8, 4) is 11.1 Å². The van der Waals surface area contributed by atoms with Crippen LogP contribution < -0.4 is 5.73 Å². The van der Waals surface area contributed by atoms with Crippen LogP contribution in [-0.4, -0.2) is 41.8 Å². The van der Waals surface area contributed by atoms with Gasteiger partial charge in [-0.3, -0.25) is 15.0 Å². The molecule has 7 heteroatoms. The molecule has 1 amide bonds. The van der Waals surface area contributed by atoms with Crippen LogP contribution in [0.5, 0.6) is 0 Å². The molecule has 2 aliphatic rings. The molecule has 38 heavy (non-hydrogen) atoms. The number of nitrogens with one attached hydrogen (secondary N) is 1. The maximum atomic E-state index is 13.1. The van der Waals surface area contributed by atoms with Crippen molar-refractivity contribution >= 4 is 30.1 Å². The summed E-state index contributed by atoms with van der Waals surface area (Å²) in [6.45, 7) is 8.05. The minimum absolute atomic E-state index is 0. The summed E-state index contributed by atoms with van der Waals surface area (Å²) in [6, 6.07) is 15.2. The summed E-state index contributed by atoms with van der Waals surface area (Å²) in [6.07, 6.45) is 5.50. The SMILES string of the molecule is CC1CCC(C(C)C)C(OC(=O)CC2CCN(C(=O)c3ccc(-c4ccc(C(=N)N)cc4)cc3)CC2)C1.Cl. The average molecular weight is 540 g/mol. The van der Waals surface area contributed by atoms with E-state index in [1.807, 2.05) is 53.4 Å². The molecule has 2 fully saturated rings.